The van der Waals surface area contributed by atoms with E-state index in [0.717, 1.165) is 23.1 Å². The van der Waals surface area contributed by atoms with E-state index in [1.165, 1.54) is 14.2 Å². The SMILES string of the molecule is C.C.CCc1ccc(OC)c(S(=O)(=O)Nc2noc3c(Br)cccc23)c1.CCc1ccc(OC)c(S(=O)(=O)Nc2noc3c(C)cccc23)c1. The summed E-state index contributed by atoms with van der Waals surface area (Å²) in [7, 11) is -4.86. The molecule has 2 aromatic heterocycles. The molecule has 0 aliphatic heterocycles. The fourth-order valence-electron chi connectivity index (χ4n) is 4.84. The standard InChI is InChI=1S/C17H18N2O4S.C16H15BrN2O4S.2CH4/c1-4-12-8-9-14(22-3)15(10-12)24(20,21)19-17-13-7-5-6-11(2)16(13)23-18-17;1-3-10-7-8-13(22-2)14(9-10)24(20,21)19-16-11-5-4-6-12(17)15(11)23-18-16;;/h5-10H,4H2,1-3H3,(H,18,19);4-9H,3H2,1-2H3,(H,18,19);2*1H4. The molecule has 0 unspecified atom stereocenters. The van der Waals surface area contributed by atoms with Crippen molar-refractivity contribution in [1.82, 2.24) is 10.3 Å². The van der Waals surface area contributed by atoms with Gasteiger partial charge in [-0.2, -0.15) is 0 Å². The second kappa shape index (κ2) is 16.4. The molecule has 0 radical (unpaired) electrons. The minimum Gasteiger partial charge on any atom is -0.495 e. The number of aromatic nitrogens is 2. The van der Waals surface area contributed by atoms with Gasteiger partial charge in [-0.25, -0.2) is 16.8 Å². The molecule has 0 aliphatic carbocycles. The maximum absolute atomic E-state index is 12.8. The summed E-state index contributed by atoms with van der Waals surface area (Å²) in [5, 5.41) is 8.87. The zero-order chi connectivity index (χ0) is 34.6. The zero-order valence-electron chi connectivity index (χ0n) is 26.7. The van der Waals surface area contributed by atoms with Crippen LogP contribution in [0.15, 0.2) is 96.1 Å². The Kier molecular flexibility index (Phi) is 13.1. The van der Waals surface area contributed by atoms with Crippen LogP contribution in [0.2, 0.25) is 0 Å². The average molecular weight is 790 g/mol. The number of halogens is 1. The van der Waals surface area contributed by atoms with E-state index in [9.17, 15) is 16.8 Å². The largest absolute Gasteiger partial charge is 0.495 e. The van der Waals surface area contributed by atoms with Crippen molar-refractivity contribution in [2.24, 2.45) is 0 Å². The van der Waals surface area contributed by atoms with E-state index in [1.807, 2.05) is 45.0 Å². The van der Waals surface area contributed by atoms with Crippen molar-refractivity contribution in [2.75, 3.05) is 23.7 Å². The van der Waals surface area contributed by atoms with Crippen molar-refractivity contribution >= 4 is 69.6 Å². The molecule has 12 nitrogen and oxygen atoms in total. The van der Waals surface area contributed by atoms with Gasteiger partial charge < -0.3 is 18.5 Å². The van der Waals surface area contributed by atoms with Crippen LogP contribution in [0.25, 0.3) is 21.9 Å². The topological polar surface area (TPSA) is 163 Å². The highest BCUT2D eigenvalue weighted by Gasteiger charge is 2.25. The number of sulfonamides is 2. The van der Waals surface area contributed by atoms with E-state index >= 15 is 0 Å². The van der Waals surface area contributed by atoms with Gasteiger partial charge in [0.1, 0.15) is 21.3 Å². The van der Waals surface area contributed by atoms with Gasteiger partial charge in [0.25, 0.3) is 20.0 Å². The fraction of sp³-hybridized carbons (Fsp3) is 0.257. The maximum atomic E-state index is 12.8. The Morgan fingerprint density at radius 1 is 0.680 bits per heavy atom. The maximum Gasteiger partial charge on any atom is 0.266 e. The average Bonchev–Trinajstić information content (AvgIpc) is 3.69. The van der Waals surface area contributed by atoms with Crippen LogP contribution in [0.1, 0.15) is 45.4 Å². The molecule has 2 heterocycles. The number of rotatable bonds is 10. The number of methoxy groups -OCH3 is 2. The third-order valence-corrected chi connectivity index (χ3v) is 10.8. The molecule has 0 amide bonds. The van der Waals surface area contributed by atoms with Crippen LogP contribution in [0.3, 0.4) is 0 Å². The molecular formula is C35H41BrN4O8S2. The molecule has 0 aliphatic rings. The Morgan fingerprint density at radius 2 is 1.12 bits per heavy atom. The molecule has 0 atom stereocenters. The quantitative estimate of drug-likeness (QED) is 0.137. The van der Waals surface area contributed by atoms with Gasteiger partial charge in [0, 0.05) is 0 Å². The summed E-state index contributed by atoms with van der Waals surface area (Å²) in [6.07, 6.45) is 1.44. The molecule has 0 bridgehead atoms. The van der Waals surface area contributed by atoms with Gasteiger partial charge in [0.2, 0.25) is 0 Å². The van der Waals surface area contributed by atoms with Crippen LogP contribution in [0.4, 0.5) is 11.6 Å². The van der Waals surface area contributed by atoms with Gasteiger partial charge in [-0.15, -0.1) is 0 Å². The normalized spacial score (nSPS) is 11.2. The first kappa shape index (κ1) is 39.8. The summed E-state index contributed by atoms with van der Waals surface area (Å²) >= 11 is 3.35. The predicted octanol–water partition coefficient (Wildman–Crippen LogP) is 8.74. The van der Waals surface area contributed by atoms with Crippen molar-refractivity contribution in [2.45, 2.75) is 58.3 Å². The highest BCUT2D eigenvalue weighted by Crippen LogP contribution is 2.33. The number of hydrogen-bond donors (Lipinski definition) is 2. The molecule has 0 fully saturated rings. The smallest absolute Gasteiger partial charge is 0.266 e. The fourth-order valence-corrected chi connectivity index (χ4v) is 7.75. The van der Waals surface area contributed by atoms with Crippen molar-refractivity contribution in [1.29, 1.82) is 0 Å². The van der Waals surface area contributed by atoms with E-state index in [-0.39, 0.29) is 47.8 Å². The minimum atomic E-state index is -3.88. The van der Waals surface area contributed by atoms with Gasteiger partial charge in [0.05, 0.1) is 29.5 Å². The number of anilines is 2. The Morgan fingerprint density at radius 3 is 1.58 bits per heavy atom. The van der Waals surface area contributed by atoms with Crippen LogP contribution in [-0.2, 0) is 32.9 Å². The zero-order valence-corrected chi connectivity index (χ0v) is 29.9. The summed E-state index contributed by atoms with van der Waals surface area (Å²) in [5.41, 5.74) is 3.71. The van der Waals surface area contributed by atoms with Crippen molar-refractivity contribution in [3.63, 3.8) is 0 Å². The van der Waals surface area contributed by atoms with E-state index in [0.29, 0.717) is 32.8 Å². The van der Waals surface area contributed by atoms with Crippen molar-refractivity contribution in [3.05, 3.63) is 94.0 Å². The third kappa shape index (κ3) is 8.22. The molecule has 6 aromatic rings. The molecular weight excluding hydrogens is 748 g/mol. The van der Waals surface area contributed by atoms with Crippen molar-refractivity contribution in [3.8, 4) is 11.5 Å². The molecule has 6 rings (SSSR count). The van der Waals surface area contributed by atoms with E-state index in [1.54, 1.807) is 48.5 Å². The van der Waals surface area contributed by atoms with Crippen LogP contribution in [-0.4, -0.2) is 41.4 Å². The lowest BCUT2D eigenvalue weighted by Crippen LogP contribution is -2.15. The minimum absolute atomic E-state index is 0. The second-order valence-electron chi connectivity index (χ2n) is 10.5. The first-order chi connectivity index (χ1) is 22.9. The second-order valence-corrected chi connectivity index (χ2v) is 14.7. The number of para-hydroxylation sites is 2. The van der Waals surface area contributed by atoms with Crippen molar-refractivity contribution < 1.29 is 35.4 Å². The van der Waals surface area contributed by atoms with E-state index in [4.69, 9.17) is 18.5 Å². The molecule has 0 spiro atoms. The number of hydrogen-bond acceptors (Lipinski definition) is 10. The van der Waals surface area contributed by atoms with Gasteiger partial charge in [0.15, 0.2) is 22.8 Å². The van der Waals surface area contributed by atoms with Gasteiger partial charge >= 0.3 is 0 Å². The number of aryl methyl sites for hydroxylation is 3. The summed E-state index contributed by atoms with van der Waals surface area (Å²) in [4.78, 5) is 0.142. The molecule has 4 aromatic carbocycles. The Labute approximate surface area is 301 Å². The summed E-state index contributed by atoms with van der Waals surface area (Å²) in [6.45, 7) is 5.79. The lowest BCUT2D eigenvalue weighted by molar-refractivity contribution is 0.402. The number of benzene rings is 4. The Bertz CT molecular complexity index is 2160. The van der Waals surface area contributed by atoms with Crippen LogP contribution in [0, 0.1) is 6.92 Å². The van der Waals surface area contributed by atoms with Crippen LogP contribution >= 0.6 is 15.9 Å². The lowest BCUT2D eigenvalue weighted by Gasteiger charge is -2.11. The first-order valence-electron chi connectivity index (χ1n) is 14.7. The third-order valence-electron chi connectivity index (χ3n) is 7.46. The summed E-state index contributed by atoms with van der Waals surface area (Å²) in [5.74, 6) is 0.852. The molecule has 0 saturated carbocycles. The predicted molar refractivity (Wildman–Crippen MR) is 200 cm³/mol. The van der Waals surface area contributed by atoms with E-state index < -0.39 is 20.0 Å². The highest BCUT2D eigenvalue weighted by atomic mass is 79.9. The monoisotopic (exact) mass is 788 g/mol. The molecule has 15 heteroatoms. The Balaban J connectivity index is 0.000000260. The van der Waals surface area contributed by atoms with Crippen LogP contribution in [0.5, 0.6) is 11.5 Å². The molecule has 0 saturated heterocycles. The van der Waals surface area contributed by atoms with Gasteiger partial charge in [-0.05, 0) is 94.9 Å². The van der Waals surface area contributed by atoms with Crippen LogP contribution < -0.4 is 18.9 Å². The highest BCUT2D eigenvalue weighted by molar-refractivity contribution is 9.10. The molecule has 2 N–H and O–H groups in total. The number of nitrogens with zero attached hydrogens (tertiary/aromatic N) is 2. The number of nitrogens with one attached hydrogen (secondary N) is 2. The molecule has 268 valence electrons. The number of ether oxygens (including phenoxy) is 2. The first-order valence-corrected chi connectivity index (χ1v) is 18.5. The van der Waals surface area contributed by atoms with E-state index in [2.05, 4.69) is 35.7 Å². The summed E-state index contributed by atoms with van der Waals surface area (Å²) < 4.78 is 77.7. The molecule has 50 heavy (non-hydrogen) atoms. The van der Waals surface area contributed by atoms with Gasteiger partial charge in [-0.3, -0.25) is 9.44 Å². The van der Waals surface area contributed by atoms with Gasteiger partial charge in [-0.1, -0.05) is 69.3 Å². The number of fused-ring (bicyclic) bond motifs is 2. The Hall–Kier alpha value is -4.60. The summed E-state index contributed by atoms with van der Waals surface area (Å²) in [6, 6.07) is 20.9. The lowest BCUT2D eigenvalue weighted by atomic mass is 10.2.